The van der Waals surface area contributed by atoms with Crippen LogP contribution >= 0.6 is 0 Å². The SMILES string of the molecule is Cn1ncc2c(-c3cc(C(=O)O)ccn3)cccc21. The van der Waals surface area contributed by atoms with Gasteiger partial charge in [-0.1, -0.05) is 12.1 Å². The van der Waals surface area contributed by atoms with E-state index in [0.29, 0.717) is 5.69 Å². The summed E-state index contributed by atoms with van der Waals surface area (Å²) in [6.45, 7) is 0. The van der Waals surface area contributed by atoms with E-state index in [2.05, 4.69) is 10.1 Å². The normalized spacial score (nSPS) is 10.8. The van der Waals surface area contributed by atoms with Gasteiger partial charge in [0.05, 0.1) is 23.0 Å². The van der Waals surface area contributed by atoms with Gasteiger partial charge in [0.25, 0.3) is 0 Å². The first-order valence-electron chi connectivity index (χ1n) is 5.77. The van der Waals surface area contributed by atoms with Crippen LogP contribution in [0.2, 0.25) is 0 Å². The Morgan fingerprint density at radius 1 is 1.32 bits per heavy atom. The maximum atomic E-state index is 11.0. The van der Waals surface area contributed by atoms with E-state index < -0.39 is 5.97 Å². The van der Waals surface area contributed by atoms with Gasteiger partial charge in [-0.15, -0.1) is 0 Å². The van der Waals surface area contributed by atoms with Crippen LogP contribution < -0.4 is 0 Å². The van der Waals surface area contributed by atoms with Crippen molar-refractivity contribution in [3.63, 3.8) is 0 Å². The van der Waals surface area contributed by atoms with Crippen molar-refractivity contribution >= 4 is 16.9 Å². The molecule has 0 aliphatic heterocycles. The lowest BCUT2D eigenvalue weighted by Crippen LogP contribution is -1.97. The highest BCUT2D eigenvalue weighted by molar-refractivity contribution is 5.95. The van der Waals surface area contributed by atoms with Crippen LogP contribution in [0.4, 0.5) is 0 Å². The summed E-state index contributed by atoms with van der Waals surface area (Å²) in [6, 6.07) is 8.85. The van der Waals surface area contributed by atoms with Gasteiger partial charge in [0.2, 0.25) is 0 Å². The topological polar surface area (TPSA) is 68.0 Å². The van der Waals surface area contributed by atoms with Crippen molar-refractivity contribution in [2.24, 2.45) is 7.05 Å². The Kier molecular flexibility index (Phi) is 2.52. The zero-order valence-corrected chi connectivity index (χ0v) is 10.2. The molecule has 0 spiro atoms. The Hall–Kier alpha value is -2.69. The van der Waals surface area contributed by atoms with E-state index in [1.165, 1.54) is 12.3 Å². The highest BCUT2D eigenvalue weighted by Crippen LogP contribution is 2.27. The Labute approximate surface area is 109 Å². The lowest BCUT2D eigenvalue weighted by Gasteiger charge is -2.04. The third kappa shape index (κ3) is 1.85. The zero-order valence-electron chi connectivity index (χ0n) is 10.2. The fraction of sp³-hybridized carbons (Fsp3) is 0.0714. The number of hydrogen-bond donors (Lipinski definition) is 1. The molecular weight excluding hydrogens is 242 g/mol. The number of aryl methyl sites for hydroxylation is 1. The third-order valence-electron chi connectivity index (χ3n) is 3.07. The summed E-state index contributed by atoms with van der Waals surface area (Å²) in [5, 5.41) is 14.2. The molecule has 0 saturated carbocycles. The molecule has 0 atom stereocenters. The van der Waals surface area contributed by atoms with Crippen LogP contribution in [-0.2, 0) is 7.05 Å². The smallest absolute Gasteiger partial charge is 0.335 e. The van der Waals surface area contributed by atoms with Gasteiger partial charge >= 0.3 is 5.97 Å². The van der Waals surface area contributed by atoms with Crippen LogP contribution in [-0.4, -0.2) is 25.8 Å². The van der Waals surface area contributed by atoms with Crippen LogP contribution in [0, 0.1) is 0 Å². The van der Waals surface area contributed by atoms with E-state index in [1.54, 1.807) is 16.9 Å². The number of aromatic nitrogens is 3. The first-order chi connectivity index (χ1) is 9.16. The molecule has 0 aliphatic rings. The molecule has 2 aromatic heterocycles. The Morgan fingerprint density at radius 2 is 2.16 bits per heavy atom. The first kappa shape index (κ1) is 11.4. The molecule has 0 fully saturated rings. The maximum absolute atomic E-state index is 11.0. The summed E-state index contributed by atoms with van der Waals surface area (Å²) in [4.78, 5) is 15.3. The van der Waals surface area contributed by atoms with Crippen molar-refractivity contribution in [3.8, 4) is 11.3 Å². The summed E-state index contributed by atoms with van der Waals surface area (Å²) >= 11 is 0. The molecule has 0 unspecified atom stereocenters. The van der Waals surface area contributed by atoms with Crippen LogP contribution in [0.5, 0.6) is 0 Å². The van der Waals surface area contributed by atoms with Crippen molar-refractivity contribution in [1.29, 1.82) is 0 Å². The second-order valence-corrected chi connectivity index (χ2v) is 4.24. The summed E-state index contributed by atoms with van der Waals surface area (Å²) in [6.07, 6.45) is 3.27. The predicted molar refractivity (Wildman–Crippen MR) is 70.9 cm³/mol. The fourth-order valence-electron chi connectivity index (χ4n) is 2.11. The fourth-order valence-corrected chi connectivity index (χ4v) is 2.11. The number of aromatic carboxylic acids is 1. The standard InChI is InChI=1S/C14H11N3O2/c1-17-13-4-2-3-10(11(13)8-16-17)12-7-9(14(18)19)5-6-15-12/h2-8H,1H3,(H,18,19). The number of carboxylic acids is 1. The van der Waals surface area contributed by atoms with Gasteiger partial charge in [-0.3, -0.25) is 9.67 Å². The number of fused-ring (bicyclic) bond motifs is 1. The first-order valence-corrected chi connectivity index (χ1v) is 5.77. The average molecular weight is 253 g/mol. The van der Waals surface area contributed by atoms with Crippen molar-refractivity contribution in [1.82, 2.24) is 14.8 Å². The van der Waals surface area contributed by atoms with Gasteiger partial charge < -0.3 is 5.11 Å². The van der Waals surface area contributed by atoms with E-state index in [0.717, 1.165) is 16.5 Å². The summed E-state index contributed by atoms with van der Waals surface area (Å²) < 4.78 is 1.78. The van der Waals surface area contributed by atoms with E-state index >= 15 is 0 Å². The number of carbonyl (C=O) groups is 1. The van der Waals surface area contributed by atoms with Gasteiger partial charge in [0.1, 0.15) is 0 Å². The highest BCUT2D eigenvalue weighted by Gasteiger charge is 2.10. The largest absolute Gasteiger partial charge is 0.478 e. The van der Waals surface area contributed by atoms with Gasteiger partial charge in [-0.25, -0.2) is 4.79 Å². The number of hydrogen-bond acceptors (Lipinski definition) is 3. The van der Waals surface area contributed by atoms with Gasteiger partial charge in [-0.05, 0) is 18.2 Å². The Balaban J connectivity index is 2.24. The molecule has 0 saturated heterocycles. The van der Waals surface area contributed by atoms with Crippen LogP contribution in [0.1, 0.15) is 10.4 Å². The van der Waals surface area contributed by atoms with Crippen molar-refractivity contribution in [2.75, 3.05) is 0 Å². The molecule has 0 aliphatic carbocycles. The lowest BCUT2D eigenvalue weighted by molar-refractivity contribution is 0.0697. The van der Waals surface area contributed by atoms with E-state index in [-0.39, 0.29) is 5.56 Å². The van der Waals surface area contributed by atoms with Crippen molar-refractivity contribution in [2.45, 2.75) is 0 Å². The summed E-state index contributed by atoms with van der Waals surface area (Å²) in [7, 11) is 1.87. The molecule has 1 aromatic carbocycles. The molecule has 5 nitrogen and oxygen atoms in total. The van der Waals surface area contributed by atoms with E-state index in [1.807, 2.05) is 25.2 Å². The number of nitrogens with zero attached hydrogens (tertiary/aromatic N) is 3. The van der Waals surface area contributed by atoms with Crippen LogP contribution in [0.25, 0.3) is 22.2 Å². The quantitative estimate of drug-likeness (QED) is 0.761. The Morgan fingerprint density at radius 3 is 2.95 bits per heavy atom. The molecule has 2 heterocycles. The van der Waals surface area contributed by atoms with E-state index in [9.17, 15) is 4.79 Å². The van der Waals surface area contributed by atoms with Crippen LogP contribution in [0.15, 0.2) is 42.7 Å². The van der Waals surface area contributed by atoms with Gasteiger partial charge in [0.15, 0.2) is 0 Å². The second-order valence-electron chi connectivity index (χ2n) is 4.24. The highest BCUT2D eigenvalue weighted by atomic mass is 16.4. The Bertz CT molecular complexity index is 777. The average Bonchev–Trinajstić information content (AvgIpc) is 2.81. The third-order valence-corrected chi connectivity index (χ3v) is 3.07. The molecular formula is C14H11N3O2. The molecule has 3 rings (SSSR count). The minimum atomic E-state index is -0.956. The van der Waals surface area contributed by atoms with Crippen molar-refractivity contribution in [3.05, 3.63) is 48.3 Å². The number of pyridine rings is 1. The molecule has 1 N–H and O–H groups in total. The van der Waals surface area contributed by atoms with E-state index in [4.69, 9.17) is 5.11 Å². The van der Waals surface area contributed by atoms with Gasteiger partial charge in [-0.2, -0.15) is 5.10 Å². The van der Waals surface area contributed by atoms with Crippen molar-refractivity contribution < 1.29 is 9.90 Å². The molecule has 3 aromatic rings. The molecule has 19 heavy (non-hydrogen) atoms. The molecule has 94 valence electrons. The molecule has 0 bridgehead atoms. The summed E-state index contributed by atoms with van der Waals surface area (Å²) in [5.74, 6) is -0.956. The lowest BCUT2D eigenvalue weighted by atomic mass is 10.1. The molecule has 0 radical (unpaired) electrons. The number of carboxylic acid groups (broad SMARTS) is 1. The predicted octanol–water partition coefficient (Wildman–Crippen LogP) is 2.33. The minimum absolute atomic E-state index is 0.228. The van der Waals surface area contributed by atoms with Crippen LogP contribution in [0.3, 0.4) is 0 Å². The maximum Gasteiger partial charge on any atom is 0.335 e. The number of benzene rings is 1. The number of rotatable bonds is 2. The molecule has 0 amide bonds. The molecule has 5 heteroatoms. The zero-order chi connectivity index (χ0) is 13.4. The minimum Gasteiger partial charge on any atom is -0.478 e. The second kappa shape index (κ2) is 4.20. The van der Waals surface area contributed by atoms with Gasteiger partial charge in [0, 0.05) is 24.2 Å². The monoisotopic (exact) mass is 253 g/mol. The summed E-state index contributed by atoms with van der Waals surface area (Å²) in [5.41, 5.74) is 2.73.